The van der Waals surface area contributed by atoms with Crippen LogP contribution in [-0.2, 0) is 0 Å². The second kappa shape index (κ2) is 5.39. The average molecular weight is 169 g/mol. The fourth-order valence-electron chi connectivity index (χ4n) is 0.370. The maximum absolute atomic E-state index is 8.98. The summed E-state index contributed by atoms with van der Waals surface area (Å²) in [5, 5.41) is 9.29. The Balaban J connectivity index is 3.16. The minimum atomic E-state index is -0.224. The fourth-order valence-corrected chi connectivity index (χ4v) is 1.38. The monoisotopic (exact) mass is 168 g/mol. The molecule has 0 aliphatic rings. The number of alkyl halides is 1. The first kappa shape index (κ1) is 9.60. The van der Waals surface area contributed by atoms with Gasteiger partial charge in [0.2, 0.25) is 0 Å². The summed E-state index contributed by atoms with van der Waals surface area (Å²) in [4.78, 5) is 0. The van der Waals surface area contributed by atoms with E-state index in [0.717, 1.165) is 5.75 Å². The minimum Gasteiger partial charge on any atom is -0.392 e. The van der Waals surface area contributed by atoms with E-state index in [0.29, 0.717) is 11.1 Å². The first-order valence-corrected chi connectivity index (χ1v) is 4.62. The predicted molar refractivity (Wildman–Crippen MR) is 44.3 cm³/mol. The maximum atomic E-state index is 8.98. The second-order valence-electron chi connectivity index (χ2n) is 2.01. The lowest BCUT2D eigenvalue weighted by molar-refractivity contribution is 0.196. The summed E-state index contributed by atoms with van der Waals surface area (Å²) < 4.78 is 0. The van der Waals surface area contributed by atoms with Gasteiger partial charge in [-0.05, 0) is 6.92 Å². The average Bonchev–Trinajstić information content (AvgIpc) is 1.82. The van der Waals surface area contributed by atoms with Crippen molar-refractivity contribution in [3.63, 3.8) is 0 Å². The second-order valence-corrected chi connectivity index (χ2v) is 3.87. The number of halogens is 1. The molecule has 1 N–H and O–H groups in total. The number of aliphatic hydroxyl groups is 1. The fraction of sp³-hybridized carbons (Fsp3) is 1.00. The largest absolute Gasteiger partial charge is 0.392 e. The molecule has 0 heterocycles. The van der Waals surface area contributed by atoms with Crippen LogP contribution in [0.2, 0.25) is 0 Å². The highest BCUT2D eigenvalue weighted by atomic mass is 35.5. The van der Waals surface area contributed by atoms with Crippen LogP contribution in [-0.4, -0.2) is 28.1 Å². The van der Waals surface area contributed by atoms with Gasteiger partial charge in [-0.2, -0.15) is 11.8 Å². The highest BCUT2D eigenvalue weighted by Crippen LogP contribution is 2.13. The van der Waals surface area contributed by atoms with Crippen LogP contribution in [0.1, 0.15) is 13.8 Å². The van der Waals surface area contributed by atoms with Crippen molar-refractivity contribution in [3.05, 3.63) is 0 Å². The Morgan fingerprint density at radius 2 is 2.11 bits per heavy atom. The topological polar surface area (TPSA) is 20.2 Å². The molecule has 0 fully saturated rings. The molecular weight excluding hydrogens is 156 g/mol. The number of aliphatic hydroxyl groups excluding tert-OH is 1. The molecule has 0 amide bonds. The van der Waals surface area contributed by atoms with Gasteiger partial charge in [0, 0.05) is 16.9 Å². The summed E-state index contributed by atoms with van der Waals surface area (Å²) in [6.45, 7) is 3.80. The zero-order chi connectivity index (χ0) is 7.28. The highest BCUT2D eigenvalue weighted by molar-refractivity contribution is 8.00. The number of hydrogen-bond donors (Lipinski definition) is 1. The molecule has 1 nitrogen and oxygen atoms in total. The van der Waals surface area contributed by atoms with Crippen LogP contribution in [0.15, 0.2) is 0 Å². The molecule has 0 spiro atoms. The van der Waals surface area contributed by atoms with Crippen LogP contribution in [0, 0.1) is 0 Å². The van der Waals surface area contributed by atoms with Crippen molar-refractivity contribution in [2.45, 2.75) is 25.2 Å². The van der Waals surface area contributed by atoms with Gasteiger partial charge < -0.3 is 5.11 Å². The summed E-state index contributed by atoms with van der Waals surface area (Å²) in [5.41, 5.74) is 0. The molecule has 0 bridgehead atoms. The van der Waals surface area contributed by atoms with Crippen LogP contribution in [0.3, 0.4) is 0 Å². The van der Waals surface area contributed by atoms with Crippen molar-refractivity contribution in [1.82, 2.24) is 0 Å². The first-order chi connectivity index (χ1) is 4.18. The molecule has 0 rings (SSSR count). The Morgan fingerprint density at radius 3 is 2.44 bits per heavy atom. The number of hydrogen-bond acceptors (Lipinski definition) is 2. The molecule has 0 aromatic carbocycles. The molecule has 0 aromatic heterocycles. The van der Waals surface area contributed by atoms with Gasteiger partial charge in [-0.15, -0.1) is 11.6 Å². The molecule has 0 aliphatic carbocycles. The Labute approximate surface area is 65.8 Å². The Kier molecular flexibility index (Phi) is 5.75. The van der Waals surface area contributed by atoms with Gasteiger partial charge in [0.25, 0.3) is 0 Å². The summed E-state index contributed by atoms with van der Waals surface area (Å²) in [6.07, 6.45) is -0.224. The Morgan fingerprint density at radius 1 is 1.56 bits per heavy atom. The van der Waals surface area contributed by atoms with E-state index in [2.05, 4.69) is 0 Å². The normalized spacial score (nSPS) is 17.3. The molecule has 9 heavy (non-hydrogen) atoms. The van der Waals surface area contributed by atoms with Gasteiger partial charge in [0.1, 0.15) is 0 Å². The van der Waals surface area contributed by atoms with Gasteiger partial charge in [0.15, 0.2) is 0 Å². The van der Waals surface area contributed by atoms with E-state index in [1.54, 1.807) is 18.7 Å². The molecule has 2 unspecified atom stereocenters. The maximum Gasteiger partial charge on any atom is 0.0627 e. The third kappa shape index (κ3) is 5.07. The highest BCUT2D eigenvalue weighted by Gasteiger charge is 2.07. The third-order valence-electron chi connectivity index (χ3n) is 1.14. The van der Waals surface area contributed by atoms with E-state index < -0.39 is 0 Å². The SMILES string of the molecule is CC(O)C(C)SCCCl. The van der Waals surface area contributed by atoms with Crippen LogP contribution in [0.25, 0.3) is 0 Å². The van der Waals surface area contributed by atoms with Crippen LogP contribution < -0.4 is 0 Å². The van der Waals surface area contributed by atoms with E-state index in [1.807, 2.05) is 6.92 Å². The Bertz CT molecular complexity index is 68.1. The quantitative estimate of drug-likeness (QED) is 0.646. The van der Waals surface area contributed by atoms with E-state index >= 15 is 0 Å². The van der Waals surface area contributed by atoms with Crippen molar-refractivity contribution >= 4 is 23.4 Å². The summed E-state index contributed by atoms with van der Waals surface area (Å²) in [7, 11) is 0. The lowest BCUT2D eigenvalue weighted by Crippen LogP contribution is -2.15. The van der Waals surface area contributed by atoms with E-state index in [1.165, 1.54) is 0 Å². The van der Waals surface area contributed by atoms with Crippen molar-refractivity contribution < 1.29 is 5.11 Å². The van der Waals surface area contributed by atoms with Gasteiger partial charge in [-0.3, -0.25) is 0 Å². The predicted octanol–water partition coefficient (Wildman–Crippen LogP) is 1.73. The van der Waals surface area contributed by atoms with Gasteiger partial charge in [-0.25, -0.2) is 0 Å². The lowest BCUT2D eigenvalue weighted by atomic mass is 10.3. The summed E-state index contributed by atoms with van der Waals surface area (Å²) in [5.74, 6) is 1.59. The van der Waals surface area contributed by atoms with Gasteiger partial charge in [0.05, 0.1) is 6.10 Å². The van der Waals surface area contributed by atoms with Crippen LogP contribution in [0.5, 0.6) is 0 Å². The van der Waals surface area contributed by atoms with Crippen molar-refractivity contribution in [3.8, 4) is 0 Å². The summed E-state index contributed by atoms with van der Waals surface area (Å²) >= 11 is 7.15. The van der Waals surface area contributed by atoms with E-state index in [4.69, 9.17) is 16.7 Å². The van der Waals surface area contributed by atoms with E-state index in [9.17, 15) is 0 Å². The molecule has 2 atom stereocenters. The van der Waals surface area contributed by atoms with Gasteiger partial charge >= 0.3 is 0 Å². The number of rotatable bonds is 4. The molecule has 3 heteroatoms. The van der Waals surface area contributed by atoms with Crippen molar-refractivity contribution in [2.75, 3.05) is 11.6 Å². The molecule has 0 radical (unpaired) electrons. The molecular formula is C6H13ClOS. The standard InChI is InChI=1S/C6H13ClOS/c1-5(8)6(2)9-4-3-7/h5-6,8H,3-4H2,1-2H3. The van der Waals surface area contributed by atoms with Crippen molar-refractivity contribution in [1.29, 1.82) is 0 Å². The lowest BCUT2D eigenvalue weighted by Gasteiger charge is -2.12. The molecule has 0 aromatic rings. The Hall–Kier alpha value is 0.600. The number of thioether (sulfide) groups is 1. The molecule has 0 saturated heterocycles. The van der Waals surface area contributed by atoms with E-state index in [-0.39, 0.29) is 6.10 Å². The van der Waals surface area contributed by atoms with Crippen LogP contribution in [0.4, 0.5) is 0 Å². The van der Waals surface area contributed by atoms with Crippen molar-refractivity contribution in [2.24, 2.45) is 0 Å². The molecule has 0 saturated carbocycles. The third-order valence-corrected chi connectivity index (χ3v) is 2.91. The zero-order valence-corrected chi connectivity index (χ0v) is 7.37. The molecule has 0 aliphatic heterocycles. The van der Waals surface area contributed by atoms with Crippen LogP contribution >= 0.6 is 23.4 Å². The molecule has 56 valence electrons. The zero-order valence-electron chi connectivity index (χ0n) is 5.80. The smallest absolute Gasteiger partial charge is 0.0627 e. The first-order valence-electron chi connectivity index (χ1n) is 3.04. The summed E-state index contributed by atoms with van der Waals surface area (Å²) in [6, 6.07) is 0. The van der Waals surface area contributed by atoms with Gasteiger partial charge in [-0.1, -0.05) is 6.92 Å². The minimum absolute atomic E-state index is 0.224.